The topological polar surface area (TPSA) is 86.8 Å². The molecule has 2 amide bonds. The van der Waals surface area contributed by atoms with Crippen molar-refractivity contribution in [2.24, 2.45) is 0 Å². The third-order valence-corrected chi connectivity index (χ3v) is 10.5. The van der Waals surface area contributed by atoms with Crippen molar-refractivity contribution in [2.45, 2.75) is 62.6 Å². The molecule has 1 atom stereocenters. The van der Waals surface area contributed by atoms with Crippen molar-refractivity contribution in [3.63, 3.8) is 0 Å². The molecule has 0 heterocycles. The van der Waals surface area contributed by atoms with Crippen molar-refractivity contribution in [3.05, 3.63) is 130 Å². The van der Waals surface area contributed by atoms with Gasteiger partial charge < -0.3 is 10.2 Å². The molecule has 0 spiro atoms. The van der Waals surface area contributed by atoms with Crippen LogP contribution in [-0.4, -0.2) is 43.8 Å². The molecule has 1 aliphatic carbocycles. The summed E-state index contributed by atoms with van der Waals surface area (Å²) in [6, 6.07) is 31.7. The maximum Gasteiger partial charge on any atom is 0.264 e. The molecule has 0 aliphatic heterocycles. The lowest BCUT2D eigenvalue weighted by molar-refractivity contribution is -0.140. The Hall–Kier alpha value is -3.95. The van der Waals surface area contributed by atoms with Gasteiger partial charge in [0.05, 0.1) is 10.6 Å². The highest BCUT2D eigenvalue weighted by Crippen LogP contribution is 2.27. The molecule has 0 aromatic heterocycles. The highest BCUT2D eigenvalue weighted by atomic mass is 79.9. The van der Waals surface area contributed by atoms with Crippen LogP contribution in [0.5, 0.6) is 0 Å². The van der Waals surface area contributed by atoms with Gasteiger partial charge in [-0.15, -0.1) is 0 Å². The second kappa shape index (κ2) is 14.9. The number of sulfonamides is 1. The van der Waals surface area contributed by atoms with E-state index in [1.165, 1.54) is 0 Å². The summed E-state index contributed by atoms with van der Waals surface area (Å²) >= 11 is 3.42. The summed E-state index contributed by atoms with van der Waals surface area (Å²) in [6.45, 7) is 1.55. The van der Waals surface area contributed by atoms with E-state index in [2.05, 4.69) is 21.2 Å². The van der Waals surface area contributed by atoms with E-state index in [1.807, 2.05) is 67.6 Å². The molecule has 4 aromatic rings. The largest absolute Gasteiger partial charge is 0.352 e. The average Bonchev–Trinajstić information content (AvgIpc) is 3.56. The highest BCUT2D eigenvalue weighted by Gasteiger charge is 2.35. The molecule has 0 saturated heterocycles. The molecular weight excluding hydrogens is 650 g/mol. The number of amides is 2. The third kappa shape index (κ3) is 8.41. The average molecular weight is 689 g/mol. The van der Waals surface area contributed by atoms with Crippen LogP contribution >= 0.6 is 15.9 Å². The van der Waals surface area contributed by atoms with Gasteiger partial charge in [0.2, 0.25) is 11.8 Å². The van der Waals surface area contributed by atoms with Crippen molar-refractivity contribution in [1.29, 1.82) is 0 Å². The van der Waals surface area contributed by atoms with E-state index in [1.54, 1.807) is 53.4 Å². The van der Waals surface area contributed by atoms with E-state index in [0.29, 0.717) is 12.1 Å². The number of hydrogen-bond acceptors (Lipinski definition) is 4. The number of nitrogens with one attached hydrogen (secondary N) is 1. The van der Waals surface area contributed by atoms with Gasteiger partial charge in [-0.25, -0.2) is 8.42 Å². The van der Waals surface area contributed by atoms with Crippen LogP contribution in [0.1, 0.15) is 42.4 Å². The number of aryl methyl sites for hydroxylation is 1. The third-order valence-electron chi connectivity index (χ3n) is 8.17. The second-order valence-electron chi connectivity index (χ2n) is 11.5. The predicted octanol–water partition coefficient (Wildman–Crippen LogP) is 6.65. The summed E-state index contributed by atoms with van der Waals surface area (Å²) in [6.07, 6.45) is 4.21. The molecule has 234 valence electrons. The van der Waals surface area contributed by atoms with Crippen molar-refractivity contribution in [3.8, 4) is 0 Å². The Labute approximate surface area is 274 Å². The van der Waals surface area contributed by atoms with E-state index < -0.39 is 28.5 Å². The zero-order valence-corrected chi connectivity index (χ0v) is 27.7. The molecule has 4 aromatic carbocycles. The molecule has 0 unspecified atom stereocenters. The van der Waals surface area contributed by atoms with E-state index in [9.17, 15) is 18.0 Å². The van der Waals surface area contributed by atoms with E-state index >= 15 is 0 Å². The van der Waals surface area contributed by atoms with Gasteiger partial charge in [-0.1, -0.05) is 107 Å². The van der Waals surface area contributed by atoms with Crippen LogP contribution in [0.2, 0.25) is 0 Å². The van der Waals surface area contributed by atoms with Crippen LogP contribution in [-0.2, 0) is 32.6 Å². The molecule has 45 heavy (non-hydrogen) atoms. The van der Waals surface area contributed by atoms with E-state index in [0.717, 1.165) is 51.2 Å². The Bertz CT molecular complexity index is 1680. The summed E-state index contributed by atoms with van der Waals surface area (Å²) < 4.78 is 30.2. The fraction of sp³-hybridized carbons (Fsp3) is 0.278. The molecule has 0 radical (unpaired) electrons. The van der Waals surface area contributed by atoms with Gasteiger partial charge in [-0.2, -0.15) is 0 Å². The van der Waals surface area contributed by atoms with Crippen molar-refractivity contribution in [2.75, 3.05) is 10.8 Å². The molecule has 5 rings (SSSR count). The number of benzene rings is 4. The Balaban J connectivity index is 1.55. The van der Waals surface area contributed by atoms with E-state index in [-0.39, 0.29) is 23.4 Å². The minimum absolute atomic E-state index is 0.0608. The number of anilines is 1. The first kappa shape index (κ1) is 32.4. The Morgan fingerprint density at radius 1 is 0.822 bits per heavy atom. The van der Waals surface area contributed by atoms with Gasteiger partial charge in [0.1, 0.15) is 12.6 Å². The van der Waals surface area contributed by atoms with Crippen molar-refractivity contribution < 1.29 is 18.0 Å². The summed E-state index contributed by atoms with van der Waals surface area (Å²) in [5, 5.41) is 3.20. The molecule has 1 saturated carbocycles. The number of hydrogen-bond donors (Lipinski definition) is 1. The minimum Gasteiger partial charge on any atom is -0.352 e. The smallest absolute Gasteiger partial charge is 0.264 e. The van der Waals surface area contributed by atoms with Crippen LogP contribution in [0.4, 0.5) is 5.69 Å². The van der Waals surface area contributed by atoms with Crippen LogP contribution in [0.25, 0.3) is 0 Å². The van der Waals surface area contributed by atoms with Gasteiger partial charge in [0.15, 0.2) is 0 Å². The van der Waals surface area contributed by atoms with Crippen LogP contribution in [0, 0.1) is 6.92 Å². The second-order valence-corrected chi connectivity index (χ2v) is 14.3. The van der Waals surface area contributed by atoms with Gasteiger partial charge >= 0.3 is 0 Å². The molecular formula is C36H38BrN3O4S. The SMILES string of the molecule is Cc1ccc(S(=O)(=O)N(CC(=O)N(Cc2ccccc2)[C@H](Cc2ccccc2)C(=O)NC2CCCC2)c2ccc(Br)cc2)cc1. The van der Waals surface area contributed by atoms with Crippen LogP contribution in [0.3, 0.4) is 0 Å². The van der Waals surface area contributed by atoms with Crippen molar-refractivity contribution >= 4 is 43.5 Å². The van der Waals surface area contributed by atoms with Gasteiger partial charge in [0, 0.05) is 23.5 Å². The normalized spacial score (nSPS) is 14.1. The van der Waals surface area contributed by atoms with Crippen LogP contribution in [0.15, 0.2) is 119 Å². The monoisotopic (exact) mass is 687 g/mol. The first-order valence-corrected chi connectivity index (χ1v) is 17.5. The quantitative estimate of drug-likeness (QED) is 0.181. The summed E-state index contributed by atoms with van der Waals surface area (Å²) in [7, 11) is -4.14. The minimum atomic E-state index is -4.14. The number of carbonyl (C=O) groups excluding carboxylic acids is 2. The molecule has 9 heteroatoms. The standard InChI is InChI=1S/C36H38BrN3O4S/c1-27-16-22-33(23-17-27)45(43,44)40(32-20-18-30(37)19-21-32)26-35(41)39(25-29-12-6-3-7-13-29)34(24-28-10-4-2-5-11-28)36(42)38-31-14-8-9-15-31/h2-7,10-13,16-23,31,34H,8-9,14-15,24-26H2,1H3,(H,38,42)/t34-/m1/s1. The first-order valence-electron chi connectivity index (χ1n) is 15.2. The molecule has 7 nitrogen and oxygen atoms in total. The van der Waals surface area contributed by atoms with Gasteiger partial charge in [0.25, 0.3) is 10.0 Å². The number of rotatable bonds is 12. The number of carbonyl (C=O) groups is 2. The Kier molecular flexibility index (Phi) is 10.7. The summed E-state index contributed by atoms with van der Waals surface area (Å²) in [5.41, 5.74) is 3.02. The molecule has 1 N–H and O–H groups in total. The maximum absolute atomic E-state index is 14.5. The van der Waals surface area contributed by atoms with Crippen LogP contribution < -0.4 is 9.62 Å². The lowest BCUT2D eigenvalue weighted by Gasteiger charge is -2.34. The highest BCUT2D eigenvalue weighted by molar-refractivity contribution is 9.10. The molecule has 1 aliphatic rings. The lowest BCUT2D eigenvalue weighted by Crippen LogP contribution is -2.54. The molecule has 1 fully saturated rings. The number of halogens is 1. The number of nitrogens with zero attached hydrogens (tertiary/aromatic N) is 2. The summed E-state index contributed by atoms with van der Waals surface area (Å²) in [5.74, 6) is -0.702. The van der Waals surface area contributed by atoms with Crippen molar-refractivity contribution in [1.82, 2.24) is 10.2 Å². The maximum atomic E-state index is 14.5. The Morgan fingerprint density at radius 3 is 2.00 bits per heavy atom. The summed E-state index contributed by atoms with van der Waals surface area (Å²) in [4.78, 5) is 30.2. The Morgan fingerprint density at radius 2 is 1.40 bits per heavy atom. The van der Waals surface area contributed by atoms with Gasteiger partial charge in [-0.05, 0) is 67.3 Å². The fourth-order valence-corrected chi connectivity index (χ4v) is 7.35. The van der Waals surface area contributed by atoms with Gasteiger partial charge in [-0.3, -0.25) is 13.9 Å². The zero-order valence-electron chi connectivity index (χ0n) is 25.3. The lowest BCUT2D eigenvalue weighted by atomic mass is 10.0. The fourth-order valence-electron chi connectivity index (χ4n) is 5.68. The molecule has 0 bridgehead atoms. The predicted molar refractivity (Wildman–Crippen MR) is 181 cm³/mol. The first-order chi connectivity index (χ1) is 21.7. The zero-order chi connectivity index (χ0) is 31.8. The van der Waals surface area contributed by atoms with E-state index in [4.69, 9.17) is 0 Å².